The van der Waals surface area contributed by atoms with Crippen molar-refractivity contribution < 1.29 is 26.4 Å². The van der Waals surface area contributed by atoms with Crippen molar-refractivity contribution in [1.82, 2.24) is 19.2 Å². The van der Waals surface area contributed by atoms with Crippen LogP contribution in [0.5, 0.6) is 0 Å². The zero-order valence-electron chi connectivity index (χ0n) is 14.7. The Morgan fingerprint density at radius 1 is 1.10 bits per heavy atom. The quantitative estimate of drug-likeness (QED) is 0.766. The molecule has 0 spiro atoms. The van der Waals surface area contributed by atoms with Gasteiger partial charge in [-0.3, -0.25) is 4.79 Å². The van der Waals surface area contributed by atoms with Gasteiger partial charge in [0.05, 0.1) is 15.5 Å². The average molecular weight is 450 g/mol. The number of hydrogen-bond acceptors (Lipinski definition) is 6. The zero-order valence-corrected chi connectivity index (χ0v) is 16.3. The molecule has 2 N–H and O–H groups in total. The normalized spacial score (nSPS) is 16.1. The van der Waals surface area contributed by atoms with Crippen LogP contribution in [-0.2, 0) is 16.2 Å². The molecule has 1 fully saturated rings. The van der Waals surface area contributed by atoms with Crippen LogP contribution in [0, 0.1) is 0 Å². The van der Waals surface area contributed by atoms with E-state index >= 15 is 0 Å². The average Bonchev–Trinajstić information content (AvgIpc) is 2.67. The van der Waals surface area contributed by atoms with E-state index in [9.17, 15) is 26.4 Å². The van der Waals surface area contributed by atoms with Gasteiger partial charge in [-0.1, -0.05) is 11.6 Å². The molecule has 29 heavy (non-hydrogen) atoms. The van der Waals surface area contributed by atoms with Crippen LogP contribution >= 0.6 is 11.6 Å². The molecule has 0 aliphatic carbocycles. The first-order chi connectivity index (χ1) is 13.5. The lowest BCUT2D eigenvalue weighted by molar-refractivity contribution is -0.137. The summed E-state index contributed by atoms with van der Waals surface area (Å²) >= 11 is 5.55. The standard InChI is InChI=1S/C16H15ClF3N5O3S/c17-12-2-1-10(9-11(12)16(18,19)20)29(27,28)25-7-5-24(6-8-25)15(26)13-14(21)23-4-3-22-13/h1-4,9H,5-8H2,(H2,21,23). The van der Waals surface area contributed by atoms with Crippen LogP contribution in [0.3, 0.4) is 0 Å². The van der Waals surface area contributed by atoms with E-state index < -0.39 is 37.6 Å². The van der Waals surface area contributed by atoms with Crippen molar-refractivity contribution in [2.24, 2.45) is 0 Å². The summed E-state index contributed by atoms with van der Waals surface area (Å²) in [6.07, 6.45) is -2.15. The van der Waals surface area contributed by atoms with Crippen LogP contribution in [0.4, 0.5) is 19.0 Å². The second-order valence-electron chi connectivity index (χ2n) is 6.13. The van der Waals surface area contributed by atoms with Crippen molar-refractivity contribution in [3.05, 3.63) is 46.9 Å². The van der Waals surface area contributed by atoms with Gasteiger partial charge in [-0.15, -0.1) is 0 Å². The first-order valence-electron chi connectivity index (χ1n) is 8.24. The molecule has 13 heteroatoms. The van der Waals surface area contributed by atoms with Crippen LogP contribution in [0.1, 0.15) is 16.1 Å². The summed E-state index contributed by atoms with van der Waals surface area (Å²) in [5, 5.41) is -0.589. The summed E-state index contributed by atoms with van der Waals surface area (Å²) in [5.74, 6) is -0.549. The smallest absolute Gasteiger partial charge is 0.382 e. The highest BCUT2D eigenvalue weighted by atomic mass is 35.5. The molecule has 0 bridgehead atoms. The number of carbonyl (C=O) groups is 1. The Morgan fingerprint density at radius 3 is 2.31 bits per heavy atom. The minimum absolute atomic E-state index is 0.0216. The van der Waals surface area contributed by atoms with Crippen molar-refractivity contribution in [1.29, 1.82) is 0 Å². The van der Waals surface area contributed by atoms with E-state index in [4.69, 9.17) is 17.3 Å². The van der Waals surface area contributed by atoms with Crippen molar-refractivity contribution in [2.75, 3.05) is 31.9 Å². The lowest BCUT2D eigenvalue weighted by Gasteiger charge is -2.34. The van der Waals surface area contributed by atoms with Gasteiger partial charge in [0.15, 0.2) is 11.5 Å². The molecule has 0 unspecified atom stereocenters. The van der Waals surface area contributed by atoms with Crippen molar-refractivity contribution in [3.8, 4) is 0 Å². The van der Waals surface area contributed by atoms with Gasteiger partial charge in [0.2, 0.25) is 10.0 Å². The van der Waals surface area contributed by atoms with Gasteiger partial charge in [-0.05, 0) is 18.2 Å². The van der Waals surface area contributed by atoms with Gasteiger partial charge in [0.25, 0.3) is 5.91 Å². The van der Waals surface area contributed by atoms with Gasteiger partial charge in [0.1, 0.15) is 0 Å². The van der Waals surface area contributed by atoms with E-state index in [1.165, 1.54) is 17.3 Å². The number of nitrogens with two attached hydrogens (primary N) is 1. The second-order valence-corrected chi connectivity index (χ2v) is 8.47. The fourth-order valence-corrected chi connectivity index (χ4v) is 4.50. The number of benzene rings is 1. The number of amides is 1. The third kappa shape index (κ3) is 4.28. The molecular weight excluding hydrogens is 435 g/mol. The Balaban J connectivity index is 1.77. The summed E-state index contributed by atoms with van der Waals surface area (Å²) in [7, 11) is -4.20. The molecule has 1 aliphatic rings. The van der Waals surface area contributed by atoms with Crippen LogP contribution < -0.4 is 5.73 Å². The molecule has 2 aromatic rings. The molecule has 1 aliphatic heterocycles. The maximum atomic E-state index is 13.0. The summed E-state index contributed by atoms with van der Waals surface area (Å²) in [4.78, 5) is 21.0. The first kappa shape index (κ1) is 21.3. The number of nitrogen functional groups attached to an aromatic ring is 1. The molecule has 156 valence electrons. The molecule has 8 nitrogen and oxygen atoms in total. The molecule has 1 saturated heterocycles. The highest BCUT2D eigenvalue weighted by Crippen LogP contribution is 2.36. The van der Waals surface area contributed by atoms with Gasteiger partial charge in [-0.25, -0.2) is 18.4 Å². The maximum Gasteiger partial charge on any atom is 0.417 e. The van der Waals surface area contributed by atoms with Crippen LogP contribution in [0.25, 0.3) is 0 Å². The third-order valence-corrected chi connectivity index (χ3v) is 6.56. The summed E-state index contributed by atoms with van der Waals surface area (Å²) in [5.41, 5.74) is 4.36. The first-order valence-corrected chi connectivity index (χ1v) is 10.1. The van der Waals surface area contributed by atoms with Gasteiger partial charge >= 0.3 is 6.18 Å². The number of halogens is 4. The van der Waals surface area contributed by atoms with E-state index in [0.29, 0.717) is 6.07 Å². The summed E-state index contributed by atoms with van der Waals surface area (Å²) in [6.45, 7) is -0.155. The summed E-state index contributed by atoms with van der Waals surface area (Å²) in [6, 6.07) is 2.42. The highest BCUT2D eigenvalue weighted by Gasteiger charge is 2.36. The molecule has 2 heterocycles. The molecule has 1 aromatic heterocycles. The lowest BCUT2D eigenvalue weighted by atomic mass is 10.2. The largest absolute Gasteiger partial charge is 0.417 e. The monoisotopic (exact) mass is 449 g/mol. The van der Waals surface area contributed by atoms with Gasteiger partial charge in [-0.2, -0.15) is 17.5 Å². The molecular formula is C16H15ClF3N5O3S. The predicted molar refractivity (Wildman–Crippen MR) is 97.6 cm³/mol. The molecule has 0 saturated carbocycles. The zero-order chi connectivity index (χ0) is 21.4. The Kier molecular flexibility index (Phi) is 5.70. The number of alkyl halides is 3. The van der Waals surface area contributed by atoms with Gasteiger partial charge in [0, 0.05) is 38.6 Å². The number of sulfonamides is 1. The van der Waals surface area contributed by atoms with E-state index in [1.54, 1.807) is 0 Å². The number of hydrogen-bond donors (Lipinski definition) is 1. The third-order valence-electron chi connectivity index (χ3n) is 4.34. The molecule has 3 rings (SSSR count). The van der Waals surface area contributed by atoms with E-state index in [1.807, 2.05) is 0 Å². The Morgan fingerprint density at radius 2 is 1.72 bits per heavy atom. The van der Waals surface area contributed by atoms with E-state index in [0.717, 1.165) is 16.4 Å². The van der Waals surface area contributed by atoms with Crippen molar-refractivity contribution in [2.45, 2.75) is 11.1 Å². The van der Waals surface area contributed by atoms with Crippen LogP contribution in [0.15, 0.2) is 35.5 Å². The molecule has 1 amide bonds. The van der Waals surface area contributed by atoms with Crippen LogP contribution in [0.2, 0.25) is 5.02 Å². The Hall–Kier alpha value is -2.44. The van der Waals surface area contributed by atoms with E-state index in [2.05, 4.69) is 9.97 Å². The fraction of sp³-hybridized carbons (Fsp3) is 0.312. The number of rotatable bonds is 3. The molecule has 1 aromatic carbocycles. The number of nitrogens with zero attached hydrogens (tertiary/aromatic N) is 4. The lowest BCUT2D eigenvalue weighted by Crippen LogP contribution is -2.50. The van der Waals surface area contributed by atoms with Crippen molar-refractivity contribution >= 4 is 33.3 Å². The number of piperazine rings is 1. The SMILES string of the molecule is Nc1nccnc1C(=O)N1CCN(S(=O)(=O)c2ccc(Cl)c(C(F)(F)F)c2)CC1. The van der Waals surface area contributed by atoms with Crippen molar-refractivity contribution in [3.63, 3.8) is 0 Å². The highest BCUT2D eigenvalue weighted by molar-refractivity contribution is 7.89. The number of anilines is 1. The van der Waals surface area contributed by atoms with Gasteiger partial charge < -0.3 is 10.6 Å². The van der Waals surface area contributed by atoms with E-state index in [-0.39, 0.29) is 37.7 Å². The number of aromatic nitrogens is 2. The maximum absolute atomic E-state index is 13.0. The summed E-state index contributed by atoms with van der Waals surface area (Å²) < 4.78 is 65.6. The van der Waals surface area contributed by atoms with Crippen LogP contribution in [-0.4, -0.2) is 59.7 Å². The minimum atomic E-state index is -4.79. The Bertz CT molecular complexity index is 1040. The topological polar surface area (TPSA) is 109 Å². The fourth-order valence-electron chi connectivity index (χ4n) is 2.83. The molecule has 0 atom stereocenters. The minimum Gasteiger partial charge on any atom is -0.382 e. The number of carbonyl (C=O) groups excluding carboxylic acids is 1. The second kappa shape index (κ2) is 7.76. The predicted octanol–water partition coefficient (Wildman–Crippen LogP) is 1.88. The Labute approximate surface area is 169 Å². The molecule has 0 radical (unpaired) electrons.